The molecule has 1 heterocycles. The molecule has 1 saturated heterocycles. The monoisotopic (exact) mass is 509 g/mol. The molecule has 0 N–H and O–H groups in total. The van der Waals surface area contributed by atoms with Crippen molar-refractivity contribution in [3.63, 3.8) is 0 Å². The molecule has 1 unspecified atom stereocenters. The van der Waals surface area contributed by atoms with E-state index in [9.17, 15) is 13.7 Å². The van der Waals surface area contributed by atoms with Crippen molar-refractivity contribution in [1.82, 2.24) is 9.21 Å². The van der Waals surface area contributed by atoms with Crippen LogP contribution in [-0.2, 0) is 21.4 Å². The van der Waals surface area contributed by atoms with Crippen molar-refractivity contribution in [3.05, 3.63) is 100 Å². The van der Waals surface area contributed by atoms with Crippen molar-refractivity contribution in [2.75, 3.05) is 32.7 Å². The first-order valence-corrected chi connectivity index (χ1v) is 13.3. The van der Waals surface area contributed by atoms with Gasteiger partial charge in [-0.3, -0.25) is 4.90 Å². The molecule has 182 valence electrons. The van der Waals surface area contributed by atoms with E-state index >= 15 is 0 Å². The average molecular weight is 510 g/mol. The van der Waals surface area contributed by atoms with Crippen molar-refractivity contribution in [2.24, 2.45) is 0 Å². The molecule has 0 saturated carbocycles. The zero-order valence-electron chi connectivity index (χ0n) is 19.6. The molecule has 1 atom stereocenters. The zero-order valence-corrected chi connectivity index (χ0v) is 21.2. The van der Waals surface area contributed by atoms with E-state index < -0.39 is 10.0 Å². The molecule has 0 aliphatic carbocycles. The number of benzene rings is 3. The highest BCUT2D eigenvalue weighted by molar-refractivity contribution is 7.89. The van der Waals surface area contributed by atoms with Crippen LogP contribution in [0.15, 0.2) is 77.7 Å². The number of halogens is 1. The third-order valence-electron chi connectivity index (χ3n) is 6.16. The minimum absolute atomic E-state index is 0.0662. The lowest BCUT2D eigenvalue weighted by Gasteiger charge is -2.36. The third-order valence-corrected chi connectivity index (χ3v) is 8.36. The highest BCUT2D eigenvalue weighted by Gasteiger charge is 2.31. The van der Waals surface area contributed by atoms with Crippen molar-refractivity contribution >= 4 is 21.6 Å². The van der Waals surface area contributed by atoms with E-state index in [2.05, 4.69) is 30.0 Å². The maximum absolute atomic E-state index is 13.2. The molecule has 0 amide bonds. The summed E-state index contributed by atoms with van der Waals surface area (Å²) in [6.45, 7) is 5.03. The van der Waals surface area contributed by atoms with Gasteiger partial charge in [0.2, 0.25) is 10.0 Å². The fraction of sp³-hybridized carbons (Fsp3) is 0.296. The fourth-order valence-electron chi connectivity index (χ4n) is 4.24. The second kappa shape index (κ2) is 11.3. The van der Waals surface area contributed by atoms with Gasteiger partial charge in [0.25, 0.3) is 0 Å². The molecule has 3 aromatic rings. The van der Waals surface area contributed by atoms with Crippen LogP contribution in [0.3, 0.4) is 0 Å². The summed E-state index contributed by atoms with van der Waals surface area (Å²) in [5, 5.41) is 10.0. The predicted molar refractivity (Wildman–Crippen MR) is 137 cm³/mol. The lowest BCUT2D eigenvalue weighted by molar-refractivity contribution is 0.00771. The average Bonchev–Trinajstić information content (AvgIpc) is 2.87. The molecule has 1 aliphatic heterocycles. The molecular weight excluding hydrogens is 482 g/mol. The van der Waals surface area contributed by atoms with Crippen LogP contribution in [0, 0.1) is 18.3 Å². The Morgan fingerprint density at radius 1 is 1.00 bits per heavy atom. The molecule has 0 radical (unpaired) electrons. The minimum Gasteiger partial charge on any atom is -0.368 e. The van der Waals surface area contributed by atoms with Gasteiger partial charge in [0, 0.05) is 37.7 Å². The van der Waals surface area contributed by atoms with Crippen molar-refractivity contribution in [1.29, 1.82) is 5.26 Å². The van der Waals surface area contributed by atoms with Gasteiger partial charge < -0.3 is 4.74 Å². The van der Waals surface area contributed by atoms with Crippen molar-refractivity contribution in [2.45, 2.75) is 24.5 Å². The summed E-state index contributed by atoms with van der Waals surface area (Å²) in [6, 6.07) is 24.2. The molecule has 0 spiro atoms. The SMILES string of the molecule is Cc1cccc(COC(CN2CCN(S(=O)(=O)c3ccccc3C#N)CC2)c2ccc(Cl)cc2)c1. The maximum Gasteiger partial charge on any atom is 0.244 e. The molecule has 35 heavy (non-hydrogen) atoms. The van der Waals surface area contributed by atoms with E-state index in [0.29, 0.717) is 44.4 Å². The van der Waals surface area contributed by atoms with Crippen LogP contribution in [0.2, 0.25) is 5.02 Å². The molecule has 1 aliphatic rings. The summed E-state index contributed by atoms with van der Waals surface area (Å²) in [5.41, 5.74) is 3.49. The van der Waals surface area contributed by atoms with E-state index in [4.69, 9.17) is 16.3 Å². The van der Waals surface area contributed by atoms with Crippen LogP contribution in [0.4, 0.5) is 0 Å². The minimum atomic E-state index is -3.73. The molecule has 8 heteroatoms. The number of piperazine rings is 1. The predicted octanol–water partition coefficient (Wildman–Crippen LogP) is 4.78. The van der Waals surface area contributed by atoms with Gasteiger partial charge in [-0.25, -0.2) is 8.42 Å². The summed E-state index contributed by atoms with van der Waals surface area (Å²) in [5.74, 6) is 0. The van der Waals surface area contributed by atoms with Gasteiger partial charge in [-0.2, -0.15) is 9.57 Å². The molecule has 0 bridgehead atoms. The normalized spacial score (nSPS) is 16.0. The Kier molecular flexibility index (Phi) is 8.22. The van der Waals surface area contributed by atoms with E-state index in [1.165, 1.54) is 22.0 Å². The second-order valence-electron chi connectivity index (χ2n) is 8.65. The van der Waals surface area contributed by atoms with Crippen molar-refractivity contribution in [3.8, 4) is 6.07 Å². The zero-order chi connectivity index (χ0) is 24.8. The molecule has 1 fully saturated rings. The van der Waals surface area contributed by atoms with Crippen LogP contribution in [0.5, 0.6) is 0 Å². The van der Waals surface area contributed by atoms with E-state index in [0.717, 1.165) is 11.1 Å². The molecule has 6 nitrogen and oxygen atoms in total. The molecule has 4 rings (SSSR count). The largest absolute Gasteiger partial charge is 0.368 e. The lowest BCUT2D eigenvalue weighted by Crippen LogP contribution is -2.49. The molecular formula is C27H28ClN3O3S. The van der Waals surface area contributed by atoms with Crippen LogP contribution in [-0.4, -0.2) is 50.3 Å². The number of ether oxygens (including phenoxy) is 1. The Bertz CT molecular complexity index is 1300. The highest BCUT2D eigenvalue weighted by Crippen LogP contribution is 2.25. The number of aryl methyl sites for hydroxylation is 1. The van der Waals surface area contributed by atoms with Gasteiger partial charge in [0.15, 0.2) is 0 Å². The molecule has 0 aromatic heterocycles. The number of nitriles is 1. The van der Waals surface area contributed by atoms with E-state index in [1.54, 1.807) is 12.1 Å². The first-order valence-electron chi connectivity index (χ1n) is 11.5. The Hall–Kier alpha value is -2.73. The Morgan fingerprint density at radius 3 is 2.40 bits per heavy atom. The summed E-state index contributed by atoms with van der Waals surface area (Å²) in [6.07, 6.45) is -0.185. The highest BCUT2D eigenvalue weighted by atomic mass is 35.5. The number of nitrogens with zero attached hydrogens (tertiary/aromatic N) is 3. The lowest BCUT2D eigenvalue weighted by atomic mass is 10.1. The van der Waals surface area contributed by atoms with Gasteiger partial charge in [-0.05, 0) is 42.3 Å². The van der Waals surface area contributed by atoms with Crippen molar-refractivity contribution < 1.29 is 13.2 Å². The van der Waals surface area contributed by atoms with Gasteiger partial charge in [-0.1, -0.05) is 65.7 Å². The van der Waals surface area contributed by atoms with E-state index in [-0.39, 0.29) is 16.6 Å². The first-order chi connectivity index (χ1) is 16.9. The first kappa shape index (κ1) is 25.4. The van der Waals surface area contributed by atoms with Gasteiger partial charge in [-0.15, -0.1) is 0 Å². The second-order valence-corrected chi connectivity index (χ2v) is 11.0. The van der Waals surface area contributed by atoms with Crippen LogP contribution >= 0.6 is 11.6 Å². The van der Waals surface area contributed by atoms with E-state index in [1.807, 2.05) is 36.4 Å². The molecule has 3 aromatic carbocycles. The van der Waals surface area contributed by atoms with Crippen LogP contribution in [0.1, 0.15) is 28.4 Å². The summed E-state index contributed by atoms with van der Waals surface area (Å²) < 4.78 is 34.1. The standard InChI is InChI=1S/C27H28ClN3O3S/c1-21-5-4-6-22(17-21)20-34-26(23-9-11-25(28)12-10-23)19-30-13-15-31(16-14-30)35(32,33)27-8-3-2-7-24(27)18-29/h2-12,17,26H,13-16,19-20H2,1H3. The topological polar surface area (TPSA) is 73.6 Å². The Balaban J connectivity index is 1.44. The van der Waals surface area contributed by atoms with Gasteiger partial charge >= 0.3 is 0 Å². The number of hydrogen-bond donors (Lipinski definition) is 0. The quantitative estimate of drug-likeness (QED) is 0.436. The summed E-state index contributed by atoms with van der Waals surface area (Å²) in [4.78, 5) is 2.29. The van der Waals surface area contributed by atoms with Gasteiger partial charge in [0.1, 0.15) is 6.07 Å². The van der Waals surface area contributed by atoms with Crippen LogP contribution < -0.4 is 0 Å². The number of sulfonamides is 1. The number of hydrogen-bond acceptors (Lipinski definition) is 5. The Morgan fingerprint density at radius 2 is 1.71 bits per heavy atom. The summed E-state index contributed by atoms with van der Waals surface area (Å²) in [7, 11) is -3.73. The summed E-state index contributed by atoms with van der Waals surface area (Å²) >= 11 is 6.10. The third kappa shape index (κ3) is 6.29. The number of rotatable bonds is 8. The maximum atomic E-state index is 13.2. The van der Waals surface area contributed by atoms with Gasteiger partial charge in [0.05, 0.1) is 23.2 Å². The smallest absolute Gasteiger partial charge is 0.244 e. The van der Waals surface area contributed by atoms with Crippen LogP contribution in [0.25, 0.3) is 0 Å². The Labute approximate surface area is 212 Å². The fourth-order valence-corrected chi connectivity index (χ4v) is 5.93.